The second kappa shape index (κ2) is 8.23. The van der Waals surface area contributed by atoms with E-state index in [0.29, 0.717) is 48.0 Å². The molecule has 0 aromatic carbocycles. The normalized spacial score (nSPS) is 15.4. The highest BCUT2D eigenvalue weighted by Gasteiger charge is 2.30. The lowest BCUT2D eigenvalue weighted by atomic mass is 10.3. The van der Waals surface area contributed by atoms with Crippen LogP contribution in [0.5, 0.6) is 0 Å². The number of pyridine rings is 1. The van der Waals surface area contributed by atoms with Crippen molar-refractivity contribution in [1.82, 2.24) is 19.5 Å². The van der Waals surface area contributed by atoms with E-state index in [-0.39, 0.29) is 4.21 Å². The first-order valence-electron chi connectivity index (χ1n) is 8.96. The highest BCUT2D eigenvalue weighted by atomic mass is 35.5. The van der Waals surface area contributed by atoms with Crippen LogP contribution in [-0.2, 0) is 10.0 Å². The van der Waals surface area contributed by atoms with E-state index < -0.39 is 10.0 Å². The molecule has 1 aliphatic rings. The molecule has 4 heterocycles. The lowest BCUT2D eigenvalue weighted by molar-refractivity contribution is 0.384. The van der Waals surface area contributed by atoms with Gasteiger partial charge in [0.1, 0.15) is 10.0 Å². The molecule has 0 unspecified atom stereocenters. The number of nitrogens with one attached hydrogen (secondary N) is 1. The van der Waals surface area contributed by atoms with Crippen molar-refractivity contribution in [3.63, 3.8) is 0 Å². The second-order valence-corrected chi connectivity index (χ2v) is 10.5. The Hall–Kier alpha value is -2.27. The number of rotatable bonds is 5. The fourth-order valence-corrected chi connectivity index (χ4v) is 6.01. The van der Waals surface area contributed by atoms with E-state index in [0.717, 1.165) is 16.9 Å². The van der Waals surface area contributed by atoms with E-state index in [1.807, 2.05) is 36.1 Å². The number of piperazine rings is 1. The van der Waals surface area contributed by atoms with Crippen LogP contribution in [0.1, 0.15) is 5.56 Å². The van der Waals surface area contributed by atoms with E-state index >= 15 is 0 Å². The van der Waals surface area contributed by atoms with E-state index in [9.17, 15) is 8.42 Å². The largest absolute Gasteiger partial charge is 0.352 e. The van der Waals surface area contributed by atoms with E-state index in [2.05, 4.69) is 20.5 Å². The Labute approximate surface area is 178 Å². The predicted molar refractivity (Wildman–Crippen MR) is 115 cm³/mol. The monoisotopic (exact) mass is 450 g/mol. The van der Waals surface area contributed by atoms with Crippen LogP contribution < -0.4 is 10.2 Å². The van der Waals surface area contributed by atoms with Gasteiger partial charge in [0.15, 0.2) is 11.6 Å². The smallest absolute Gasteiger partial charge is 0.252 e. The molecule has 4 rings (SSSR count). The van der Waals surface area contributed by atoms with E-state index in [1.165, 1.54) is 4.31 Å². The Morgan fingerprint density at radius 1 is 1.00 bits per heavy atom. The molecule has 0 bridgehead atoms. The summed E-state index contributed by atoms with van der Waals surface area (Å²) in [6, 6.07) is 10.7. The van der Waals surface area contributed by atoms with Crippen molar-refractivity contribution in [2.24, 2.45) is 0 Å². The van der Waals surface area contributed by atoms with Crippen LogP contribution in [0.25, 0.3) is 0 Å². The Kier molecular flexibility index (Phi) is 5.68. The molecule has 11 heteroatoms. The average molecular weight is 451 g/mol. The fourth-order valence-electron chi connectivity index (χ4n) is 2.95. The van der Waals surface area contributed by atoms with Gasteiger partial charge < -0.3 is 10.2 Å². The molecule has 1 aliphatic heterocycles. The molecule has 0 radical (unpaired) electrons. The van der Waals surface area contributed by atoms with Gasteiger partial charge in [-0.05, 0) is 42.8 Å². The molecule has 0 atom stereocenters. The molecular formula is C18H19ClN6O2S2. The highest BCUT2D eigenvalue weighted by Crippen LogP contribution is 2.29. The summed E-state index contributed by atoms with van der Waals surface area (Å²) in [6.07, 6.45) is 1.78. The summed E-state index contributed by atoms with van der Waals surface area (Å²) in [4.78, 5) is 6.31. The third kappa shape index (κ3) is 4.50. The zero-order valence-electron chi connectivity index (χ0n) is 15.6. The van der Waals surface area contributed by atoms with Gasteiger partial charge >= 0.3 is 0 Å². The van der Waals surface area contributed by atoms with Crippen molar-refractivity contribution in [3.05, 3.63) is 52.5 Å². The number of thiophene rings is 1. The molecule has 0 saturated carbocycles. The quantitative estimate of drug-likeness (QED) is 0.638. The van der Waals surface area contributed by atoms with Crippen LogP contribution in [0.4, 0.5) is 17.5 Å². The number of halogens is 1. The molecule has 0 spiro atoms. The maximum atomic E-state index is 12.7. The van der Waals surface area contributed by atoms with Crippen LogP contribution >= 0.6 is 22.9 Å². The van der Waals surface area contributed by atoms with Gasteiger partial charge in [0.05, 0.1) is 4.34 Å². The number of hydrogen-bond acceptors (Lipinski definition) is 8. The molecule has 1 N–H and O–H groups in total. The van der Waals surface area contributed by atoms with Gasteiger partial charge in [-0.25, -0.2) is 13.4 Å². The van der Waals surface area contributed by atoms with Gasteiger partial charge in [-0.2, -0.15) is 4.31 Å². The summed E-state index contributed by atoms with van der Waals surface area (Å²) in [7, 11) is -3.50. The molecule has 8 nitrogen and oxygen atoms in total. The first-order valence-corrected chi connectivity index (χ1v) is 11.6. The maximum absolute atomic E-state index is 12.7. The number of aryl methyl sites for hydroxylation is 1. The van der Waals surface area contributed by atoms with Crippen molar-refractivity contribution in [2.45, 2.75) is 11.1 Å². The van der Waals surface area contributed by atoms with Gasteiger partial charge in [0, 0.05) is 32.4 Å². The zero-order valence-corrected chi connectivity index (χ0v) is 18.0. The minimum Gasteiger partial charge on any atom is -0.352 e. The number of sulfonamides is 1. The lowest BCUT2D eigenvalue weighted by Crippen LogP contribution is -2.48. The fraction of sp³-hybridized carbons (Fsp3) is 0.278. The standard InChI is InChI=1S/C18H19ClN6O2S2/c1-13-2-4-15(20-12-13)21-16-5-6-17(23-22-16)24-8-10-25(11-9-24)29(26,27)18-7-3-14(19)28-18/h2-7,12H,8-11H2,1H3,(H,20,21,22). The van der Waals surface area contributed by atoms with E-state index in [4.69, 9.17) is 11.6 Å². The molecule has 1 fully saturated rings. The van der Waals surface area contributed by atoms with Gasteiger partial charge in [0.25, 0.3) is 10.0 Å². The highest BCUT2D eigenvalue weighted by molar-refractivity contribution is 7.91. The summed E-state index contributed by atoms with van der Waals surface area (Å²) in [6.45, 7) is 3.82. The average Bonchev–Trinajstić information content (AvgIpc) is 3.18. The van der Waals surface area contributed by atoms with Crippen LogP contribution in [-0.4, -0.2) is 54.1 Å². The first kappa shape index (κ1) is 20.0. The summed E-state index contributed by atoms with van der Waals surface area (Å²) >= 11 is 6.96. The van der Waals surface area contributed by atoms with E-state index in [1.54, 1.807) is 18.3 Å². The number of aromatic nitrogens is 3. The molecule has 152 valence electrons. The van der Waals surface area contributed by atoms with Crippen LogP contribution in [0.2, 0.25) is 4.34 Å². The van der Waals surface area contributed by atoms with Crippen molar-refractivity contribution < 1.29 is 8.42 Å². The van der Waals surface area contributed by atoms with Crippen molar-refractivity contribution >= 4 is 50.4 Å². The number of nitrogens with zero attached hydrogens (tertiary/aromatic N) is 5. The first-order chi connectivity index (χ1) is 13.9. The van der Waals surface area contributed by atoms with Crippen LogP contribution in [0.15, 0.2) is 46.8 Å². The Morgan fingerprint density at radius 3 is 2.34 bits per heavy atom. The minimum atomic E-state index is -3.50. The molecule has 1 saturated heterocycles. The molecular weight excluding hydrogens is 432 g/mol. The second-order valence-electron chi connectivity index (χ2n) is 6.57. The minimum absolute atomic E-state index is 0.274. The summed E-state index contributed by atoms with van der Waals surface area (Å²) < 4.78 is 27.6. The molecule has 0 amide bonds. The van der Waals surface area contributed by atoms with Crippen molar-refractivity contribution in [1.29, 1.82) is 0 Å². The molecule has 3 aromatic rings. The number of hydrogen-bond donors (Lipinski definition) is 1. The van der Waals surface area contributed by atoms with Crippen molar-refractivity contribution in [2.75, 3.05) is 36.4 Å². The van der Waals surface area contributed by atoms with Gasteiger partial charge in [-0.15, -0.1) is 21.5 Å². The molecule has 3 aromatic heterocycles. The zero-order chi connectivity index (χ0) is 20.4. The summed E-state index contributed by atoms with van der Waals surface area (Å²) in [5, 5.41) is 11.6. The predicted octanol–water partition coefficient (Wildman–Crippen LogP) is 3.15. The van der Waals surface area contributed by atoms with Crippen LogP contribution in [0.3, 0.4) is 0 Å². The SMILES string of the molecule is Cc1ccc(Nc2ccc(N3CCN(S(=O)(=O)c4ccc(Cl)s4)CC3)nn2)nc1. The third-order valence-electron chi connectivity index (χ3n) is 4.52. The Morgan fingerprint density at radius 2 is 1.76 bits per heavy atom. The van der Waals surface area contributed by atoms with Gasteiger partial charge in [-0.1, -0.05) is 17.7 Å². The van der Waals surface area contributed by atoms with Crippen LogP contribution in [0, 0.1) is 6.92 Å². The van der Waals surface area contributed by atoms with Gasteiger partial charge in [-0.3, -0.25) is 0 Å². The summed E-state index contributed by atoms with van der Waals surface area (Å²) in [5.74, 6) is 2.01. The Bertz CT molecular complexity index is 1080. The van der Waals surface area contributed by atoms with Crippen molar-refractivity contribution in [3.8, 4) is 0 Å². The third-order valence-corrected chi connectivity index (χ3v) is 8.12. The Balaban J connectivity index is 1.38. The summed E-state index contributed by atoms with van der Waals surface area (Å²) in [5.41, 5.74) is 1.08. The number of anilines is 3. The van der Waals surface area contributed by atoms with Gasteiger partial charge in [0.2, 0.25) is 0 Å². The lowest BCUT2D eigenvalue weighted by Gasteiger charge is -2.34. The maximum Gasteiger partial charge on any atom is 0.252 e. The molecule has 0 aliphatic carbocycles. The topological polar surface area (TPSA) is 91.3 Å². The molecule has 29 heavy (non-hydrogen) atoms.